The first-order valence-corrected chi connectivity index (χ1v) is 9.55. The monoisotopic (exact) mass is 415 g/mol. The van der Waals surface area contributed by atoms with Crippen molar-refractivity contribution >= 4 is 37.5 Å². The Balaban J connectivity index is 1.88. The van der Waals surface area contributed by atoms with Gasteiger partial charge >= 0.3 is 0 Å². The predicted octanol–water partition coefficient (Wildman–Crippen LogP) is 6.78. The first-order chi connectivity index (χ1) is 9.77. The van der Waals surface area contributed by atoms with E-state index in [1.165, 1.54) is 36.9 Å². The third-order valence-electron chi connectivity index (χ3n) is 4.83. The zero-order valence-corrected chi connectivity index (χ0v) is 16.8. The molecule has 2 rings (SSSR count). The van der Waals surface area contributed by atoms with Gasteiger partial charge in [0.2, 0.25) is 0 Å². The highest BCUT2D eigenvalue weighted by Gasteiger charge is 2.29. The van der Waals surface area contributed by atoms with Crippen LogP contribution in [0.3, 0.4) is 0 Å². The van der Waals surface area contributed by atoms with Crippen LogP contribution >= 0.6 is 31.9 Å². The van der Waals surface area contributed by atoms with Crippen LogP contribution in [-0.2, 0) is 0 Å². The number of hydrogen-bond donors (Lipinski definition) is 1. The lowest BCUT2D eigenvalue weighted by molar-refractivity contribution is 0.153. The molecule has 1 aromatic carbocycles. The molecule has 118 valence electrons. The second kappa shape index (κ2) is 7.04. The summed E-state index contributed by atoms with van der Waals surface area (Å²) < 4.78 is 2.30. The van der Waals surface area contributed by atoms with Gasteiger partial charge in [0.05, 0.1) is 5.69 Å². The second-order valence-electron chi connectivity index (χ2n) is 7.57. The first-order valence-electron chi connectivity index (χ1n) is 7.97. The molecule has 1 fully saturated rings. The molecule has 0 spiro atoms. The summed E-state index contributed by atoms with van der Waals surface area (Å²) >= 11 is 7.33. The molecule has 0 radical (unpaired) electrons. The summed E-state index contributed by atoms with van der Waals surface area (Å²) in [6.45, 7) is 10.4. The van der Waals surface area contributed by atoms with E-state index in [1.54, 1.807) is 0 Å². The van der Waals surface area contributed by atoms with Crippen molar-refractivity contribution in [1.29, 1.82) is 0 Å². The van der Waals surface area contributed by atoms with E-state index in [9.17, 15) is 0 Å². The van der Waals surface area contributed by atoms with Gasteiger partial charge < -0.3 is 5.32 Å². The Morgan fingerprint density at radius 2 is 1.57 bits per heavy atom. The summed E-state index contributed by atoms with van der Waals surface area (Å²) in [7, 11) is 0. The van der Waals surface area contributed by atoms with Crippen molar-refractivity contribution in [2.45, 2.75) is 53.4 Å². The van der Waals surface area contributed by atoms with Gasteiger partial charge in [0, 0.05) is 15.5 Å². The summed E-state index contributed by atoms with van der Waals surface area (Å²) in [5.41, 5.74) is 2.94. The molecule has 1 aromatic rings. The van der Waals surface area contributed by atoms with Crippen molar-refractivity contribution in [3.8, 4) is 0 Å². The number of anilines is 1. The second-order valence-corrected chi connectivity index (χ2v) is 9.28. The summed E-state index contributed by atoms with van der Waals surface area (Å²) in [5, 5.41) is 3.64. The molecule has 0 heterocycles. The quantitative estimate of drug-likeness (QED) is 0.572. The first kappa shape index (κ1) is 17.3. The molecule has 1 nitrogen and oxygen atoms in total. The van der Waals surface area contributed by atoms with Crippen molar-refractivity contribution in [2.75, 3.05) is 11.9 Å². The fourth-order valence-electron chi connectivity index (χ4n) is 3.35. The average molecular weight is 417 g/mol. The molecular formula is C18H27Br2N. The molecule has 1 aliphatic rings. The van der Waals surface area contributed by atoms with Crippen LogP contribution in [0.1, 0.15) is 52.0 Å². The Labute approximate surface area is 146 Å². The van der Waals surface area contributed by atoms with E-state index in [1.807, 2.05) is 0 Å². The van der Waals surface area contributed by atoms with Gasteiger partial charge in [-0.25, -0.2) is 0 Å². The number of aryl methyl sites for hydroxylation is 1. The fraction of sp³-hybridized carbons (Fsp3) is 0.667. The van der Waals surface area contributed by atoms with Crippen LogP contribution in [0.4, 0.5) is 5.69 Å². The average Bonchev–Trinajstić information content (AvgIpc) is 2.37. The van der Waals surface area contributed by atoms with E-state index >= 15 is 0 Å². The van der Waals surface area contributed by atoms with Crippen molar-refractivity contribution in [1.82, 2.24) is 0 Å². The van der Waals surface area contributed by atoms with Crippen LogP contribution in [0, 0.1) is 24.2 Å². The number of rotatable bonds is 3. The molecule has 3 heteroatoms. The third kappa shape index (κ3) is 4.72. The SMILES string of the molecule is Cc1cc(Br)c(NCC2CCC(C(C)(C)C)CC2)c(Br)c1. The van der Waals surface area contributed by atoms with E-state index < -0.39 is 0 Å². The number of hydrogen-bond acceptors (Lipinski definition) is 1. The highest BCUT2D eigenvalue weighted by molar-refractivity contribution is 9.11. The maximum atomic E-state index is 3.67. The van der Waals surface area contributed by atoms with E-state index in [2.05, 4.69) is 77.0 Å². The zero-order chi connectivity index (χ0) is 15.6. The molecule has 1 saturated carbocycles. The lowest BCUT2D eigenvalue weighted by atomic mass is 9.70. The van der Waals surface area contributed by atoms with Crippen LogP contribution < -0.4 is 5.32 Å². The lowest BCUT2D eigenvalue weighted by Gasteiger charge is -2.37. The third-order valence-corrected chi connectivity index (χ3v) is 6.08. The fourth-order valence-corrected chi connectivity index (χ4v) is 5.04. The van der Waals surface area contributed by atoms with Crippen LogP contribution in [-0.4, -0.2) is 6.54 Å². The smallest absolute Gasteiger partial charge is 0.0629 e. The summed E-state index contributed by atoms with van der Waals surface area (Å²) in [5.74, 6) is 1.70. The molecule has 0 atom stereocenters. The largest absolute Gasteiger partial charge is 0.383 e. The molecule has 0 aliphatic heterocycles. The lowest BCUT2D eigenvalue weighted by Crippen LogP contribution is -2.28. The Morgan fingerprint density at radius 1 is 1.05 bits per heavy atom. The molecule has 21 heavy (non-hydrogen) atoms. The molecule has 0 bridgehead atoms. The Hall–Kier alpha value is -0.0200. The van der Waals surface area contributed by atoms with Gasteiger partial charge in [-0.3, -0.25) is 0 Å². The highest BCUT2D eigenvalue weighted by atomic mass is 79.9. The van der Waals surface area contributed by atoms with Gasteiger partial charge in [-0.05, 0) is 99.4 Å². The van der Waals surface area contributed by atoms with E-state index in [0.717, 1.165) is 27.3 Å². The maximum absolute atomic E-state index is 3.67. The minimum absolute atomic E-state index is 0.474. The standard InChI is InChI=1S/C18H27Br2N/c1-12-9-15(19)17(16(20)10-12)21-11-13-5-7-14(8-6-13)18(2,3)4/h9-10,13-14,21H,5-8,11H2,1-4H3. The van der Waals surface area contributed by atoms with Crippen LogP contribution in [0.15, 0.2) is 21.1 Å². The van der Waals surface area contributed by atoms with Gasteiger partial charge in [0.15, 0.2) is 0 Å². The van der Waals surface area contributed by atoms with Crippen molar-refractivity contribution < 1.29 is 0 Å². The van der Waals surface area contributed by atoms with Gasteiger partial charge in [0.1, 0.15) is 0 Å². The summed E-state index contributed by atoms with van der Waals surface area (Å²) in [6.07, 6.45) is 5.48. The summed E-state index contributed by atoms with van der Waals surface area (Å²) in [6, 6.07) is 4.34. The Bertz CT molecular complexity index is 459. The van der Waals surface area contributed by atoms with Crippen molar-refractivity contribution in [2.24, 2.45) is 17.3 Å². The number of nitrogens with one attached hydrogen (secondary N) is 1. The summed E-state index contributed by atoms with van der Waals surface area (Å²) in [4.78, 5) is 0. The normalized spacial score (nSPS) is 23.1. The van der Waals surface area contributed by atoms with E-state index in [-0.39, 0.29) is 0 Å². The van der Waals surface area contributed by atoms with Gasteiger partial charge in [-0.1, -0.05) is 20.8 Å². The maximum Gasteiger partial charge on any atom is 0.0629 e. The number of benzene rings is 1. The zero-order valence-electron chi connectivity index (χ0n) is 13.6. The topological polar surface area (TPSA) is 12.0 Å². The predicted molar refractivity (Wildman–Crippen MR) is 100.0 cm³/mol. The van der Waals surface area contributed by atoms with Gasteiger partial charge in [-0.2, -0.15) is 0 Å². The molecule has 0 unspecified atom stereocenters. The van der Waals surface area contributed by atoms with Crippen LogP contribution in [0.5, 0.6) is 0 Å². The minimum atomic E-state index is 0.474. The Morgan fingerprint density at radius 3 is 2.05 bits per heavy atom. The number of halogens is 2. The molecule has 0 aromatic heterocycles. The molecular weight excluding hydrogens is 390 g/mol. The van der Waals surface area contributed by atoms with Crippen LogP contribution in [0.25, 0.3) is 0 Å². The minimum Gasteiger partial charge on any atom is -0.383 e. The highest BCUT2D eigenvalue weighted by Crippen LogP contribution is 2.40. The molecule has 1 N–H and O–H groups in total. The Kier molecular flexibility index (Phi) is 5.81. The molecule has 0 saturated heterocycles. The molecule has 0 amide bonds. The van der Waals surface area contributed by atoms with Gasteiger partial charge in [-0.15, -0.1) is 0 Å². The van der Waals surface area contributed by atoms with Crippen molar-refractivity contribution in [3.63, 3.8) is 0 Å². The van der Waals surface area contributed by atoms with E-state index in [4.69, 9.17) is 0 Å². The van der Waals surface area contributed by atoms with E-state index in [0.29, 0.717) is 5.41 Å². The molecule has 1 aliphatic carbocycles. The van der Waals surface area contributed by atoms with Crippen LogP contribution in [0.2, 0.25) is 0 Å². The van der Waals surface area contributed by atoms with Crippen molar-refractivity contribution in [3.05, 3.63) is 26.6 Å². The van der Waals surface area contributed by atoms with Gasteiger partial charge in [0.25, 0.3) is 0 Å².